The van der Waals surface area contributed by atoms with Gasteiger partial charge in [-0.05, 0) is 55.2 Å². The molecule has 0 saturated heterocycles. The summed E-state index contributed by atoms with van der Waals surface area (Å²) in [4.78, 5) is 0.235. The monoisotopic (exact) mass is 305 g/mol. The predicted octanol–water partition coefficient (Wildman–Crippen LogP) is 1.50. The van der Waals surface area contributed by atoms with Crippen molar-refractivity contribution in [3.63, 3.8) is 0 Å². The van der Waals surface area contributed by atoms with Gasteiger partial charge in [0.05, 0.1) is 4.90 Å². The Hall–Kier alpha value is -1.35. The van der Waals surface area contributed by atoms with Gasteiger partial charge in [0.1, 0.15) is 6.61 Å². The molecule has 4 nitrogen and oxygen atoms in total. The highest BCUT2D eigenvalue weighted by Gasteiger charge is 2.53. The van der Waals surface area contributed by atoms with Crippen LogP contribution in [0.5, 0.6) is 0 Å². The summed E-state index contributed by atoms with van der Waals surface area (Å²) in [5.74, 6) is 5.97. The fourth-order valence-corrected chi connectivity index (χ4v) is 3.97. The lowest BCUT2D eigenvalue weighted by Crippen LogP contribution is -2.31. The highest BCUT2D eigenvalue weighted by molar-refractivity contribution is 7.89. The van der Waals surface area contributed by atoms with E-state index in [1.165, 1.54) is 12.8 Å². The van der Waals surface area contributed by atoms with Crippen molar-refractivity contribution in [1.29, 1.82) is 0 Å². The quantitative estimate of drug-likeness (QED) is 0.810. The van der Waals surface area contributed by atoms with Crippen molar-refractivity contribution in [3.8, 4) is 11.8 Å². The van der Waals surface area contributed by atoms with Gasteiger partial charge in [-0.15, -0.1) is 0 Å². The number of hydrogen-bond donors (Lipinski definition) is 2. The van der Waals surface area contributed by atoms with E-state index < -0.39 is 10.0 Å². The highest BCUT2D eigenvalue weighted by atomic mass is 32.2. The van der Waals surface area contributed by atoms with Crippen molar-refractivity contribution in [2.75, 3.05) is 13.2 Å². The molecular weight excluding hydrogens is 286 g/mol. The van der Waals surface area contributed by atoms with Crippen LogP contribution in [0.25, 0.3) is 0 Å². The van der Waals surface area contributed by atoms with Crippen LogP contribution in [0.1, 0.15) is 31.2 Å². The summed E-state index contributed by atoms with van der Waals surface area (Å²) in [5, 5.41) is 8.69. The zero-order chi connectivity index (χ0) is 14.9. The van der Waals surface area contributed by atoms with Gasteiger partial charge in [0.2, 0.25) is 10.0 Å². The van der Waals surface area contributed by atoms with Crippen molar-refractivity contribution in [2.45, 2.75) is 30.6 Å². The van der Waals surface area contributed by atoms with Crippen LogP contribution in [0.15, 0.2) is 29.2 Å². The van der Waals surface area contributed by atoms with Gasteiger partial charge in [0.25, 0.3) is 0 Å². The van der Waals surface area contributed by atoms with Crippen molar-refractivity contribution in [3.05, 3.63) is 29.8 Å². The standard InChI is InChI=1S/C16H19NO3S/c18-10-2-4-13-3-1-5-15(11-13)21(19,20)17-12-16(8-9-16)14-6-7-14/h1,3,5,11,14,17-18H,6-10,12H2. The van der Waals surface area contributed by atoms with Crippen LogP contribution in [-0.4, -0.2) is 26.7 Å². The molecule has 0 unspecified atom stereocenters. The van der Waals surface area contributed by atoms with Gasteiger partial charge in [-0.3, -0.25) is 0 Å². The van der Waals surface area contributed by atoms with Crippen LogP contribution in [0.4, 0.5) is 0 Å². The molecule has 0 aromatic heterocycles. The van der Waals surface area contributed by atoms with Crippen molar-refractivity contribution < 1.29 is 13.5 Å². The molecule has 0 bridgehead atoms. The molecule has 3 rings (SSSR count). The lowest BCUT2D eigenvalue weighted by molar-refractivity contribution is 0.350. The van der Waals surface area contributed by atoms with E-state index >= 15 is 0 Å². The molecular formula is C16H19NO3S. The van der Waals surface area contributed by atoms with Gasteiger partial charge in [-0.25, -0.2) is 13.1 Å². The summed E-state index contributed by atoms with van der Waals surface area (Å²) in [6.45, 7) is 0.311. The third-order valence-corrected chi connectivity index (χ3v) is 5.80. The molecule has 0 amide bonds. The molecule has 2 fully saturated rings. The van der Waals surface area contributed by atoms with Gasteiger partial charge in [-0.2, -0.15) is 0 Å². The zero-order valence-corrected chi connectivity index (χ0v) is 12.6. The fourth-order valence-electron chi connectivity index (χ4n) is 2.79. The molecule has 2 N–H and O–H groups in total. The van der Waals surface area contributed by atoms with E-state index in [0.29, 0.717) is 12.1 Å². The second-order valence-electron chi connectivity index (χ2n) is 5.95. The Labute approximate surface area is 125 Å². The first-order chi connectivity index (χ1) is 10.1. The van der Waals surface area contributed by atoms with Gasteiger partial charge in [0, 0.05) is 12.1 Å². The number of rotatable bonds is 5. The second-order valence-corrected chi connectivity index (χ2v) is 7.72. The Morgan fingerprint density at radius 2 is 2.10 bits per heavy atom. The van der Waals surface area contributed by atoms with Gasteiger partial charge < -0.3 is 5.11 Å². The average Bonchev–Trinajstić information content (AvgIpc) is 3.36. The van der Waals surface area contributed by atoms with Crippen LogP contribution in [0.2, 0.25) is 0 Å². The third kappa shape index (κ3) is 3.29. The molecule has 0 atom stereocenters. The van der Waals surface area contributed by atoms with Crippen molar-refractivity contribution in [2.24, 2.45) is 11.3 Å². The van der Waals surface area contributed by atoms with Crippen LogP contribution < -0.4 is 4.72 Å². The van der Waals surface area contributed by atoms with Crippen LogP contribution in [0, 0.1) is 23.2 Å². The molecule has 112 valence electrons. The molecule has 5 heteroatoms. The smallest absolute Gasteiger partial charge is 0.240 e. The number of benzene rings is 1. The minimum atomic E-state index is -3.49. The lowest BCUT2D eigenvalue weighted by Gasteiger charge is -2.15. The maximum atomic E-state index is 12.4. The first kappa shape index (κ1) is 14.6. The van der Waals surface area contributed by atoms with E-state index in [1.54, 1.807) is 24.3 Å². The Kier molecular flexibility index (Phi) is 3.78. The molecule has 0 heterocycles. The Morgan fingerprint density at radius 1 is 1.33 bits per heavy atom. The van der Waals surface area contributed by atoms with Crippen LogP contribution in [-0.2, 0) is 10.0 Å². The predicted molar refractivity (Wildman–Crippen MR) is 80.0 cm³/mol. The first-order valence-electron chi connectivity index (χ1n) is 7.25. The molecule has 1 aromatic rings. The fraction of sp³-hybridized carbons (Fsp3) is 0.500. The zero-order valence-electron chi connectivity index (χ0n) is 11.8. The van der Waals surface area contributed by atoms with E-state index in [2.05, 4.69) is 16.6 Å². The molecule has 2 aliphatic rings. The Balaban J connectivity index is 1.72. The average molecular weight is 305 g/mol. The summed E-state index contributed by atoms with van der Waals surface area (Å²) >= 11 is 0. The molecule has 0 aliphatic heterocycles. The number of aliphatic hydroxyl groups excluding tert-OH is 1. The largest absolute Gasteiger partial charge is 0.384 e. The van der Waals surface area contributed by atoms with E-state index in [-0.39, 0.29) is 16.9 Å². The van der Waals surface area contributed by atoms with E-state index in [1.807, 2.05) is 0 Å². The third-order valence-electron chi connectivity index (χ3n) is 4.41. The Bertz CT molecular complexity index is 692. The molecule has 0 radical (unpaired) electrons. The van der Waals surface area contributed by atoms with Crippen LogP contribution >= 0.6 is 0 Å². The van der Waals surface area contributed by atoms with Gasteiger partial charge in [0.15, 0.2) is 0 Å². The topological polar surface area (TPSA) is 66.4 Å². The molecule has 1 aromatic carbocycles. The minimum Gasteiger partial charge on any atom is -0.384 e. The molecule has 0 spiro atoms. The highest BCUT2D eigenvalue weighted by Crippen LogP contribution is 2.60. The second kappa shape index (κ2) is 5.45. The molecule has 21 heavy (non-hydrogen) atoms. The number of aliphatic hydroxyl groups is 1. The normalized spacial score (nSPS) is 19.7. The summed E-state index contributed by atoms with van der Waals surface area (Å²) in [6.07, 6.45) is 4.77. The van der Waals surface area contributed by atoms with E-state index in [0.717, 1.165) is 18.8 Å². The van der Waals surface area contributed by atoms with Crippen molar-refractivity contribution in [1.82, 2.24) is 4.72 Å². The molecule has 2 aliphatic carbocycles. The Morgan fingerprint density at radius 3 is 2.71 bits per heavy atom. The van der Waals surface area contributed by atoms with Crippen molar-refractivity contribution >= 4 is 10.0 Å². The number of sulfonamides is 1. The maximum Gasteiger partial charge on any atom is 0.240 e. The number of nitrogens with one attached hydrogen (secondary N) is 1. The van der Waals surface area contributed by atoms with E-state index in [4.69, 9.17) is 5.11 Å². The summed E-state index contributed by atoms with van der Waals surface area (Å²) in [6, 6.07) is 6.52. The summed E-state index contributed by atoms with van der Waals surface area (Å²) in [7, 11) is -3.49. The molecule has 2 saturated carbocycles. The summed E-state index contributed by atoms with van der Waals surface area (Å²) in [5.41, 5.74) is 0.830. The van der Waals surface area contributed by atoms with Gasteiger partial charge >= 0.3 is 0 Å². The lowest BCUT2D eigenvalue weighted by atomic mass is 10.0. The minimum absolute atomic E-state index is 0.235. The first-order valence-corrected chi connectivity index (χ1v) is 8.74. The van der Waals surface area contributed by atoms with E-state index in [9.17, 15) is 8.42 Å². The van der Waals surface area contributed by atoms with Crippen LogP contribution in [0.3, 0.4) is 0 Å². The SMILES string of the molecule is O=S(=O)(NCC1(C2CC2)CC1)c1cccc(C#CCO)c1. The summed E-state index contributed by atoms with van der Waals surface area (Å²) < 4.78 is 27.5. The number of hydrogen-bond acceptors (Lipinski definition) is 3. The van der Waals surface area contributed by atoms with Gasteiger partial charge in [-0.1, -0.05) is 17.9 Å². The maximum absolute atomic E-state index is 12.4.